The Labute approximate surface area is 136 Å². The molecular formula is C17H19N3O2S. The molecule has 0 radical (unpaired) electrons. The molecule has 0 amide bonds. The number of hydrogen-bond donors (Lipinski definition) is 1. The minimum absolute atomic E-state index is 0.129. The second-order valence-electron chi connectivity index (χ2n) is 6.27. The number of nitriles is 1. The third kappa shape index (κ3) is 2.77. The molecule has 0 spiro atoms. The summed E-state index contributed by atoms with van der Waals surface area (Å²) in [5.74, 6) is 0.677. The quantitative estimate of drug-likeness (QED) is 0.932. The number of fused-ring (bicyclic) bond motifs is 3. The Bertz CT molecular complexity index is 912. The Morgan fingerprint density at radius 3 is 2.87 bits per heavy atom. The lowest BCUT2D eigenvalue weighted by Crippen LogP contribution is -2.08. The van der Waals surface area contributed by atoms with Crippen LogP contribution in [0.3, 0.4) is 0 Å². The molecule has 0 saturated carbocycles. The van der Waals surface area contributed by atoms with E-state index in [4.69, 9.17) is 0 Å². The predicted molar refractivity (Wildman–Crippen MR) is 90.2 cm³/mol. The molecule has 1 aromatic heterocycles. The van der Waals surface area contributed by atoms with Crippen LogP contribution in [-0.2, 0) is 16.3 Å². The van der Waals surface area contributed by atoms with E-state index in [0.717, 1.165) is 29.4 Å². The second-order valence-corrected chi connectivity index (χ2v) is 8.35. The summed E-state index contributed by atoms with van der Waals surface area (Å²) in [6.07, 6.45) is 3.00. The van der Waals surface area contributed by atoms with Crippen LogP contribution in [0.25, 0.3) is 10.9 Å². The summed E-state index contributed by atoms with van der Waals surface area (Å²) in [7, 11) is -3.21. The number of anilines is 1. The Kier molecular flexibility index (Phi) is 3.99. The van der Waals surface area contributed by atoms with E-state index in [2.05, 4.69) is 30.2 Å². The molecule has 0 unspecified atom stereocenters. The van der Waals surface area contributed by atoms with Gasteiger partial charge in [-0.3, -0.25) is 4.98 Å². The molecule has 23 heavy (non-hydrogen) atoms. The van der Waals surface area contributed by atoms with E-state index in [1.54, 1.807) is 18.3 Å². The Morgan fingerprint density at radius 1 is 1.39 bits per heavy atom. The summed E-state index contributed by atoms with van der Waals surface area (Å²) in [4.78, 5) is 4.71. The molecule has 0 fully saturated rings. The van der Waals surface area contributed by atoms with Gasteiger partial charge in [-0.2, -0.15) is 5.26 Å². The van der Waals surface area contributed by atoms with Crippen LogP contribution in [-0.4, -0.2) is 25.7 Å². The predicted octanol–water partition coefficient (Wildman–Crippen LogP) is 2.89. The van der Waals surface area contributed by atoms with Crippen LogP contribution in [0.2, 0.25) is 0 Å². The van der Waals surface area contributed by atoms with Crippen molar-refractivity contribution in [1.82, 2.24) is 4.98 Å². The fourth-order valence-corrected chi connectivity index (χ4v) is 4.52. The van der Waals surface area contributed by atoms with Crippen LogP contribution in [0.1, 0.15) is 31.4 Å². The van der Waals surface area contributed by atoms with Gasteiger partial charge >= 0.3 is 0 Å². The average Bonchev–Trinajstić information content (AvgIpc) is 2.82. The Morgan fingerprint density at radius 2 is 2.17 bits per heavy atom. The third-order valence-electron chi connectivity index (χ3n) is 4.20. The lowest BCUT2D eigenvalue weighted by molar-refractivity contribution is 0.600. The highest BCUT2D eigenvalue weighted by Crippen LogP contribution is 2.37. The summed E-state index contributed by atoms with van der Waals surface area (Å²) >= 11 is 0. The van der Waals surface area contributed by atoms with Crippen molar-refractivity contribution in [2.75, 3.05) is 17.6 Å². The van der Waals surface area contributed by atoms with E-state index < -0.39 is 9.84 Å². The first kappa shape index (κ1) is 15.8. The topological polar surface area (TPSA) is 82.8 Å². The molecular weight excluding hydrogens is 310 g/mol. The number of benzene rings is 1. The van der Waals surface area contributed by atoms with Gasteiger partial charge in [-0.15, -0.1) is 0 Å². The Hall–Kier alpha value is -2.13. The number of aryl methyl sites for hydroxylation is 1. The van der Waals surface area contributed by atoms with E-state index in [1.165, 1.54) is 0 Å². The molecule has 0 bridgehead atoms. The van der Waals surface area contributed by atoms with Crippen LogP contribution in [0, 0.1) is 17.2 Å². The molecule has 3 rings (SSSR count). The molecule has 5 nitrogen and oxygen atoms in total. The van der Waals surface area contributed by atoms with E-state index in [1.807, 2.05) is 0 Å². The second kappa shape index (κ2) is 5.82. The molecule has 0 atom stereocenters. The highest BCUT2D eigenvalue weighted by atomic mass is 32.2. The van der Waals surface area contributed by atoms with Crippen molar-refractivity contribution in [3.8, 4) is 6.07 Å². The maximum absolute atomic E-state index is 12.2. The van der Waals surface area contributed by atoms with Crippen molar-refractivity contribution < 1.29 is 8.42 Å². The standard InChI is InChI=1S/C17H19N3O2S/c1-11(2)5-7-19-17-12(9-18)10-20-14-3-4-15-13(16(14)17)6-8-23(15,21)22/h3-4,10-11H,5-8H2,1-2H3,(H,19,20). The van der Waals surface area contributed by atoms with Gasteiger partial charge in [-0.05, 0) is 36.5 Å². The number of pyridine rings is 1. The van der Waals surface area contributed by atoms with Crippen molar-refractivity contribution >= 4 is 26.4 Å². The SMILES string of the molecule is CC(C)CCNc1c(C#N)cnc2ccc3c(c12)CCS3(=O)=O. The molecule has 1 N–H and O–H groups in total. The molecule has 1 aromatic carbocycles. The van der Waals surface area contributed by atoms with Crippen molar-refractivity contribution in [3.05, 3.63) is 29.5 Å². The number of nitrogens with one attached hydrogen (secondary N) is 1. The van der Waals surface area contributed by atoms with Crippen LogP contribution >= 0.6 is 0 Å². The summed E-state index contributed by atoms with van der Waals surface area (Å²) in [5, 5.41) is 13.5. The minimum atomic E-state index is -3.21. The third-order valence-corrected chi connectivity index (χ3v) is 5.99. The summed E-state index contributed by atoms with van der Waals surface area (Å²) in [5.41, 5.74) is 2.69. The highest BCUT2D eigenvalue weighted by molar-refractivity contribution is 7.91. The van der Waals surface area contributed by atoms with Crippen LogP contribution < -0.4 is 5.32 Å². The van der Waals surface area contributed by atoms with Gasteiger partial charge in [0.05, 0.1) is 27.4 Å². The lowest BCUT2D eigenvalue weighted by Gasteiger charge is -2.14. The van der Waals surface area contributed by atoms with Crippen molar-refractivity contribution in [3.63, 3.8) is 0 Å². The van der Waals surface area contributed by atoms with Gasteiger partial charge in [-0.25, -0.2) is 8.42 Å². The normalized spacial score (nSPS) is 15.6. The van der Waals surface area contributed by atoms with Crippen LogP contribution in [0.5, 0.6) is 0 Å². The van der Waals surface area contributed by atoms with Gasteiger partial charge in [0.2, 0.25) is 0 Å². The highest BCUT2D eigenvalue weighted by Gasteiger charge is 2.29. The molecule has 2 aromatic rings. The van der Waals surface area contributed by atoms with Gasteiger partial charge in [-0.1, -0.05) is 13.8 Å². The van der Waals surface area contributed by atoms with Gasteiger partial charge in [0, 0.05) is 18.1 Å². The maximum Gasteiger partial charge on any atom is 0.179 e. The first-order valence-corrected chi connectivity index (χ1v) is 9.40. The number of hydrogen-bond acceptors (Lipinski definition) is 5. The molecule has 1 aliphatic rings. The minimum Gasteiger partial charge on any atom is -0.383 e. The molecule has 1 aliphatic heterocycles. The van der Waals surface area contributed by atoms with E-state index in [0.29, 0.717) is 28.5 Å². The zero-order chi connectivity index (χ0) is 16.6. The summed E-state index contributed by atoms with van der Waals surface area (Å²) in [6, 6.07) is 5.53. The van der Waals surface area contributed by atoms with Crippen molar-refractivity contribution in [2.24, 2.45) is 5.92 Å². The van der Waals surface area contributed by atoms with Gasteiger partial charge < -0.3 is 5.32 Å². The van der Waals surface area contributed by atoms with E-state index in [-0.39, 0.29) is 5.75 Å². The van der Waals surface area contributed by atoms with Gasteiger partial charge in [0.25, 0.3) is 0 Å². The fraction of sp³-hybridized carbons (Fsp3) is 0.412. The number of sulfone groups is 1. The maximum atomic E-state index is 12.2. The summed E-state index contributed by atoms with van der Waals surface area (Å²) < 4.78 is 24.3. The average molecular weight is 329 g/mol. The molecule has 0 saturated heterocycles. The first-order valence-electron chi connectivity index (χ1n) is 7.75. The molecule has 6 heteroatoms. The van der Waals surface area contributed by atoms with Crippen LogP contribution in [0.4, 0.5) is 5.69 Å². The van der Waals surface area contributed by atoms with E-state index in [9.17, 15) is 13.7 Å². The molecule has 2 heterocycles. The fourth-order valence-electron chi connectivity index (χ4n) is 2.98. The monoisotopic (exact) mass is 329 g/mol. The van der Waals surface area contributed by atoms with Crippen LogP contribution in [0.15, 0.2) is 23.2 Å². The number of nitrogens with zero attached hydrogens (tertiary/aromatic N) is 2. The zero-order valence-electron chi connectivity index (χ0n) is 13.3. The number of rotatable bonds is 4. The molecule has 0 aliphatic carbocycles. The lowest BCUT2D eigenvalue weighted by atomic mass is 10.0. The van der Waals surface area contributed by atoms with Crippen molar-refractivity contribution in [2.45, 2.75) is 31.6 Å². The largest absolute Gasteiger partial charge is 0.383 e. The number of aromatic nitrogens is 1. The first-order chi connectivity index (χ1) is 10.9. The smallest absolute Gasteiger partial charge is 0.179 e. The zero-order valence-corrected chi connectivity index (χ0v) is 14.1. The van der Waals surface area contributed by atoms with Gasteiger partial charge in [0.1, 0.15) is 6.07 Å². The van der Waals surface area contributed by atoms with E-state index >= 15 is 0 Å². The Balaban J connectivity index is 2.19. The summed E-state index contributed by atoms with van der Waals surface area (Å²) in [6.45, 7) is 5.02. The molecule has 120 valence electrons. The van der Waals surface area contributed by atoms with Crippen molar-refractivity contribution in [1.29, 1.82) is 5.26 Å². The van der Waals surface area contributed by atoms with Gasteiger partial charge in [0.15, 0.2) is 9.84 Å².